The van der Waals surface area contributed by atoms with Gasteiger partial charge in [0.1, 0.15) is 0 Å². The fourth-order valence-corrected chi connectivity index (χ4v) is 2.82. The van der Waals surface area contributed by atoms with Crippen LogP contribution in [0.2, 0.25) is 0 Å². The van der Waals surface area contributed by atoms with E-state index in [9.17, 15) is 5.11 Å². The maximum atomic E-state index is 9.44. The maximum absolute atomic E-state index is 9.44. The number of anilines is 1. The molecular weight excluding hydrogens is 292 g/mol. The van der Waals surface area contributed by atoms with Gasteiger partial charge in [-0.3, -0.25) is 4.90 Å². The quantitative estimate of drug-likeness (QED) is 0.907. The van der Waals surface area contributed by atoms with Gasteiger partial charge in [-0.15, -0.1) is 0 Å². The second kappa shape index (κ2) is 5.59. The molecule has 3 nitrogen and oxygen atoms in total. The standard InChI is InChI=1S/C14H21BrN2O/c1-10-6-12(4-5-14(10)15)17-8-13(9-18)16(3)7-11(17)2/h4-6,11,13,18H,7-9H2,1-3H3. The zero-order chi connectivity index (χ0) is 13.3. The second-order valence-corrected chi connectivity index (χ2v) is 6.07. The normalized spacial score (nSPS) is 25.5. The molecule has 4 heteroatoms. The Bertz CT molecular complexity index is 424. The largest absolute Gasteiger partial charge is 0.395 e. The van der Waals surface area contributed by atoms with Gasteiger partial charge in [-0.1, -0.05) is 15.9 Å². The number of rotatable bonds is 2. The van der Waals surface area contributed by atoms with Crippen molar-refractivity contribution in [2.24, 2.45) is 0 Å². The summed E-state index contributed by atoms with van der Waals surface area (Å²) in [5, 5.41) is 9.44. The van der Waals surface area contributed by atoms with Gasteiger partial charge in [0.25, 0.3) is 0 Å². The molecule has 0 saturated carbocycles. The van der Waals surface area contributed by atoms with Crippen molar-refractivity contribution in [1.82, 2.24) is 4.90 Å². The minimum Gasteiger partial charge on any atom is -0.395 e. The number of halogens is 1. The molecule has 0 radical (unpaired) electrons. The fourth-order valence-electron chi connectivity index (χ4n) is 2.58. The van der Waals surface area contributed by atoms with Crippen LogP contribution in [0.1, 0.15) is 12.5 Å². The van der Waals surface area contributed by atoms with Crippen LogP contribution in [-0.4, -0.2) is 48.8 Å². The molecule has 0 aromatic heterocycles. The van der Waals surface area contributed by atoms with Gasteiger partial charge in [-0.2, -0.15) is 0 Å². The van der Waals surface area contributed by atoms with Crippen LogP contribution in [0, 0.1) is 6.92 Å². The van der Waals surface area contributed by atoms with E-state index >= 15 is 0 Å². The Morgan fingerprint density at radius 1 is 1.39 bits per heavy atom. The van der Waals surface area contributed by atoms with Crippen LogP contribution in [0.15, 0.2) is 22.7 Å². The number of benzene rings is 1. The third-order valence-electron chi connectivity index (χ3n) is 3.80. The topological polar surface area (TPSA) is 26.7 Å². The minimum atomic E-state index is 0.217. The van der Waals surface area contributed by atoms with Gasteiger partial charge in [-0.25, -0.2) is 0 Å². The van der Waals surface area contributed by atoms with Crippen LogP contribution in [0.3, 0.4) is 0 Å². The number of aliphatic hydroxyl groups excluding tert-OH is 1. The molecule has 1 fully saturated rings. The molecule has 0 spiro atoms. The summed E-state index contributed by atoms with van der Waals surface area (Å²) in [4.78, 5) is 4.63. The number of hydrogen-bond acceptors (Lipinski definition) is 3. The number of nitrogens with zero attached hydrogens (tertiary/aromatic N) is 2. The third-order valence-corrected chi connectivity index (χ3v) is 4.69. The Morgan fingerprint density at radius 3 is 2.72 bits per heavy atom. The Balaban J connectivity index is 2.23. The molecule has 100 valence electrons. The molecule has 1 aromatic rings. The molecule has 0 aliphatic carbocycles. The zero-order valence-electron chi connectivity index (χ0n) is 11.2. The average molecular weight is 313 g/mol. The lowest BCUT2D eigenvalue weighted by atomic mass is 10.1. The van der Waals surface area contributed by atoms with E-state index in [1.165, 1.54) is 11.3 Å². The number of aryl methyl sites for hydroxylation is 1. The van der Waals surface area contributed by atoms with E-state index in [2.05, 4.69) is 64.8 Å². The molecule has 2 rings (SSSR count). The van der Waals surface area contributed by atoms with E-state index in [1.54, 1.807) is 0 Å². The first-order chi connectivity index (χ1) is 8.52. The summed E-state index contributed by atoms with van der Waals surface area (Å²) in [6.07, 6.45) is 0. The van der Waals surface area contributed by atoms with E-state index in [-0.39, 0.29) is 12.6 Å². The molecule has 0 bridgehead atoms. The highest BCUT2D eigenvalue weighted by molar-refractivity contribution is 9.10. The van der Waals surface area contributed by atoms with Gasteiger partial charge in [0, 0.05) is 29.3 Å². The number of hydrogen-bond donors (Lipinski definition) is 1. The Labute approximate surface area is 118 Å². The highest BCUT2D eigenvalue weighted by Crippen LogP contribution is 2.26. The van der Waals surface area contributed by atoms with E-state index in [0.29, 0.717) is 6.04 Å². The summed E-state index contributed by atoms with van der Waals surface area (Å²) in [5.74, 6) is 0. The zero-order valence-corrected chi connectivity index (χ0v) is 12.8. The SMILES string of the molecule is Cc1cc(N2CC(CO)N(C)CC2C)ccc1Br. The monoisotopic (exact) mass is 312 g/mol. The molecule has 1 saturated heterocycles. The van der Waals surface area contributed by atoms with Crippen molar-refractivity contribution in [3.8, 4) is 0 Å². The summed E-state index contributed by atoms with van der Waals surface area (Å²) in [7, 11) is 2.08. The van der Waals surface area contributed by atoms with Crippen LogP contribution < -0.4 is 4.90 Å². The van der Waals surface area contributed by atoms with Gasteiger partial charge < -0.3 is 10.0 Å². The molecule has 1 heterocycles. The van der Waals surface area contributed by atoms with Crippen LogP contribution in [-0.2, 0) is 0 Å². The molecule has 1 aliphatic heterocycles. The summed E-state index contributed by atoms with van der Waals surface area (Å²) in [6.45, 7) is 6.43. The summed E-state index contributed by atoms with van der Waals surface area (Å²) >= 11 is 3.54. The van der Waals surface area contributed by atoms with Gasteiger partial charge in [0.15, 0.2) is 0 Å². The Hall–Kier alpha value is -0.580. The molecule has 1 aromatic carbocycles. The van der Waals surface area contributed by atoms with Gasteiger partial charge in [0.05, 0.1) is 12.6 Å². The summed E-state index contributed by atoms with van der Waals surface area (Å²) in [6, 6.07) is 7.15. The third kappa shape index (κ3) is 2.71. The minimum absolute atomic E-state index is 0.217. The van der Waals surface area contributed by atoms with Crippen molar-refractivity contribution in [2.45, 2.75) is 25.9 Å². The van der Waals surface area contributed by atoms with Crippen molar-refractivity contribution in [2.75, 3.05) is 31.6 Å². The lowest BCUT2D eigenvalue weighted by Crippen LogP contribution is -2.57. The van der Waals surface area contributed by atoms with E-state index in [4.69, 9.17) is 0 Å². The fraction of sp³-hybridized carbons (Fsp3) is 0.571. The van der Waals surface area contributed by atoms with Gasteiger partial charge >= 0.3 is 0 Å². The van der Waals surface area contributed by atoms with Crippen molar-refractivity contribution in [1.29, 1.82) is 0 Å². The second-order valence-electron chi connectivity index (χ2n) is 5.21. The van der Waals surface area contributed by atoms with Crippen molar-refractivity contribution < 1.29 is 5.11 Å². The molecule has 2 atom stereocenters. The maximum Gasteiger partial charge on any atom is 0.0604 e. The Morgan fingerprint density at radius 2 is 2.11 bits per heavy atom. The first-order valence-corrected chi connectivity index (χ1v) is 7.16. The van der Waals surface area contributed by atoms with Gasteiger partial charge in [-0.05, 0) is 44.7 Å². The van der Waals surface area contributed by atoms with Crippen LogP contribution in [0.25, 0.3) is 0 Å². The van der Waals surface area contributed by atoms with Crippen molar-refractivity contribution in [3.05, 3.63) is 28.2 Å². The Kier molecular flexibility index (Phi) is 4.30. The van der Waals surface area contributed by atoms with Gasteiger partial charge in [0.2, 0.25) is 0 Å². The highest BCUT2D eigenvalue weighted by atomic mass is 79.9. The number of likely N-dealkylation sites (N-methyl/N-ethyl adjacent to an activating group) is 1. The van der Waals surface area contributed by atoms with Crippen LogP contribution >= 0.6 is 15.9 Å². The lowest BCUT2D eigenvalue weighted by molar-refractivity contribution is 0.122. The molecule has 2 unspecified atom stereocenters. The average Bonchev–Trinajstić information content (AvgIpc) is 2.33. The van der Waals surface area contributed by atoms with Crippen molar-refractivity contribution in [3.63, 3.8) is 0 Å². The van der Waals surface area contributed by atoms with Crippen molar-refractivity contribution >= 4 is 21.6 Å². The predicted octanol–water partition coefficient (Wildman–Crippen LogP) is 2.26. The number of piperazine rings is 1. The smallest absolute Gasteiger partial charge is 0.0604 e. The first kappa shape index (κ1) is 13.8. The number of aliphatic hydroxyl groups is 1. The van der Waals surface area contributed by atoms with Crippen LogP contribution in [0.5, 0.6) is 0 Å². The van der Waals surface area contributed by atoms with E-state index < -0.39 is 0 Å². The molecule has 18 heavy (non-hydrogen) atoms. The van der Waals surface area contributed by atoms with Crippen LogP contribution in [0.4, 0.5) is 5.69 Å². The molecule has 0 amide bonds. The summed E-state index contributed by atoms with van der Waals surface area (Å²) < 4.78 is 1.15. The summed E-state index contributed by atoms with van der Waals surface area (Å²) in [5.41, 5.74) is 2.49. The predicted molar refractivity (Wildman–Crippen MR) is 79.2 cm³/mol. The highest BCUT2D eigenvalue weighted by Gasteiger charge is 2.29. The van der Waals surface area contributed by atoms with E-state index in [1.807, 2.05) is 0 Å². The molecule has 1 N–H and O–H groups in total. The van der Waals surface area contributed by atoms with E-state index in [0.717, 1.165) is 17.6 Å². The lowest BCUT2D eigenvalue weighted by Gasteiger charge is -2.44. The molecule has 1 aliphatic rings. The first-order valence-electron chi connectivity index (χ1n) is 6.37. The molecular formula is C14H21BrN2O.